The van der Waals surface area contributed by atoms with Gasteiger partial charge in [-0.1, -0.05) is 0 Å². The van der Waals surface area contributed by atoms with E-state index in [-0.39, 0.29) is 11.4 Å². The Morgan fingerprint density at radius 1 is 1.56 bits per heavy atom. The van der Waals surface area contributed by atoms with Gasteiger partial charge in [-0.05, 0) is 13.0 Å². The Bertz CT molecular complexity index is 371. The standard InChI is InChI=1S/C9H9F3NO3/c1-2-16-8(14)6-4-3-5-13(15)7(6)9(10,11)12/h3-5,7H,2H2,1H3/q+1. The predicted molar refractivity (Wildman–Crippen MR) is 47.3 cm³/mol. The topological polar surface area (TPSA) is 46.4 Å². The van der Waals surface area contributed by atoms with E-state index < -0.39 is 23.8 Å². The van der Waals surface area contributed by atoms with E-state index in [1.807, 2.05) is 0 Å². The Balaban J connectivity index is 3.04. The van der Waals surface area contributed by atoms with Crippen LogP contribution in [0.25, 0.3) is 0 Å². The molecule has 1 heterocycles. The summed E-state index contributed by atoms with van der Waals surface area (Å²) in [6.45, 7) is 1.41. The number of esters is 1. The van der Waals surface area contributed by atoms with Gasteiger partial charge in [0.2, 0.25) is 6.20 Å². The van der Waals surface area contributed by atoms with Crippen LogP contribution in [0.2, 0.25) is 0 Å². The number of rotatable bonds is 2. The Kier molecular flexibility index (Phi) is 3.46. The van der Waals surface area contributed by atoms with Gasteiger partial charge >= 0.3 is 18.2 Å². The number of nitrogens with zero attached hydrogens (tertiary/aromatic N) is 1. The van der Waals surface area contributed by atoms with Gasteiger partial charge in [0.05, 0.1) is 6.61 Å². The summed E-state index contributed by atoms with van der Waals surface area (Å²) < 4.78 is 41.7. The molecule has 0 fully saturated rings. The van der Waals surface area contributed by atoms with Crippen LogP contribution in [0.1, 0.15) is 6.92 Å². The van der Waals surface area contributed by atoms with E-state index in [1.54, 1.807) is 0 Å². The summed E-state index contributed by atoms with van der Waals surface area (Å²) >= 11 is 0. The Labute approximate surface area is 89.0 Å². The zero-order chi connectivity index (χ0) is 12.3. The molecule has 0 saturated heterocycles. The Morgan fingerprint density at radius 2 is 2.19 bits per heavy atom. The number of allylic oxidation sites excluding steroid dienone is 2. The fraction of sp³-hybridized carbons (Fsp3) is 0.444. The minimum absolute atomic E-state index is 0.0523. The second-order valence-corrected chi connectivity index (χ2v) is 2.99. The highest BCUT2D eigenvalue weighted by Crippen LogP contribution is 2.30. The molecule has 1 unspecified atom stereocenters. The summed E-state index contributed by atoms with van der Waals surface area (Å²) in [5.74, 6) is -1.13. The molecular formula is C9H9F3NO3+. The highest BCUT2D eigenvalue weighted by molar-refractivity contribution is 5.90. The summed E-state index contributed by atoms with van der Waals surface area (Å²) in [4.78, 5) is 22.2. The fourth-order valence-electron chi connectivity index (χ4n) is 1.26. The highest BCUT2D eigenvalue weighted by Gasteiger charge is 2.56. The van der Waals surface area contributed by atoms with E-state index in [4.69, 9.17) is 0 Å². The fourth-order valence-corrected chi connectivity index (χ4v) is 1.26. The molecule has 0 spiro atoms. The van der Waals surface area contributed by atoms with Crippen LogP contribution in [-0.4, -0.2) is 29.6 Å². The molecular weight excluding hydrogens is 227 g/mol. The number of hydrogen-bond donors (Lipinski definition) is 0. The summed E-state index contributed by atoms with van der Waals surface area (Å²) in [5, 5.41) is 0. The van der Waals surface area contributed by atoms with E-state index in [0.717, 1.165) is 12.2 Å². The van der Waals surface area contributed by atoms with E-state index in [9.17, 15) is 22.9 Å². The maximum Gasteiger partial charge on any atom is 0.461 e. The summed E-state index contributed by atoms with van der Waals surface area (Å²) in [6, 6.07) is -2.49. The molecule has 16 heavy (non-hydrogen) atoms. The van der Waals surface area contributed by atoms with E-state index in [1.165, 1.54) is 6.92 Å². The SMILES string of the molecule is CCOC(=O)C1=CC=C[N+](=O)C1C(F)(F)F. The lowest BCUT2D eigenvalue weighted by atomic mass is 10.0. The maximum atomic E-state index is 12.5. The zero-order valence-electron chi connectivity index (χ0n) is 8.32. The number of hydrogen-bond acceptors (Lipinski definition) is 3. The van der Waals surface area contributed by atoms with Gasteiger partial charge in [0, 0.05) is 15.7 Å². The van der Waals surface area contributed by atoms with Crippen molar-refractivity contribution in [3.63, 3.8) is 0 Å². The van der Waals surface area contributed by atoms with Gasteiger partial charge in [-0.15, -0.1) is 0 Å². The van der Waals surface area contributed by atoms with E-state index >= 15 is 0 Å². The van der Waals surface area contributed by atoms with Crippen molar-refractivity contribution in [1.82, 2.24) is 0 Å². The Morgan fingerprint density at radius 3 is 2.69 bits per heavy atom. The van der Waals surface area contributed by atoms with Gasteiger partial charge in [-0.2, -0.15) is 13.2 Å². The van der Waals surface area contributed by atoms with Crippen molar-refractivity contribution in [2.75, 3.05) is 6.61 Å². The first-order valence-corrected chi connectivity index (χ1v) is 4.45. The van der Waals surface area contributed by atoms with Gasteiger partial charge in [-0.25, -0.2) is 4.79 Å². The number of ether oxygens (including phenoxy) is 1. The average Bonchev–Trinajstić information content (AvgIpc) is 2.15. The van der Waals surface area contributed by atoms with Gasteiger partial charge < -0.3 is 4.74 Å². The normalized spacial score (nSPS) is 20.6. The average molecular weight is 236 g/mol. The van der Waals surface area contributed by atoms with Crippen molar-refractivity contribution in [1.29, 1.82) is 0 Å². The molecule has 1 atom stereocenters. The van der Waals surface area contributed by atoms with Crippen LogP contribution in [-0.2, 0) is 9.53 Å². The van der Waals surface area contributed by atoms with Crippen LogP contribution in [0.5, 0.6) is 0 Å². The van der Waals surface area contributed by atoms with Crippen LogP contribution in [0.4, 0.5) is 13.2 Å². The molecule has 0 saturated carbocycles. The molecule has 4 nitrogen and oxygen atoms in total. The van der Waals surface area contributed by atoms with Crippen LogP contribution >= 0.6 is 0 Å². The van der Waals surface area contributed by atoms with Crippen molar-refractivity contribution >= 4 is 5.97 Å². The number of alkyl halides is 3. The molecule has 7 heteroatoms. The lowest BCUT2D eigenvalue weighted by Gasteiger charge is -2.15. The number of halogens is 3. The first-order valence-electron chi connectivity index (χ1n) is 4.45. The van der Waals surface area contributed by atoms with Crippen LogP contribution in [0.3, 0.4) is 0 Å². The minimum Gasteiger partial charge on any atom is -0.462 e. The third kappa shape index (κ3) is 2.47. The number of carbonyl (C=O) groups excluding carboxylic acids is 1. The third-order valence-electron chi connectivity index (χ3n) is 1.88. The van der Waals surface area contributed by atoms with Crippen LogP contribution in [0, 0.1) is 4.91 Å². The molecule has 0 aliphatic carbocycles. The molecule has 1 rings (SSSR count). The van der Waals surface area contributed by atoms with Gasteiger partial charge in [0.1, 0.15) is 5.57 Å². The molecule has 1 aliphatic heterocycles. The smallest absolute Gasteiger partial charge is 0.461 e. The minimum atomic E-state index is -4.81. The quantitative estimate of drug-likeness (QED) is 0.541. The second-order valence-electron chi connectivity index (χ2n) is 2.99. The molecule has 88 valence electrons. The molecule has 0 aromatic carbocycles. The first-order chi connectivity index (χ1) is 7.38. The van der Waals surface area contributed by atoms with E-state index in [0.29, 0.717) is 6.20 Å². The lowest BCUT2D eigenvalue weighted by molar-refractivity contribution is -0.551. The van der Waals surface area contributed by atoms with Crippen LogP contribution in [0.15, 0.2) is 23.9 Å². The van der Waals surface area contributed by atoms with Crippen molar-refractivity contribution < 1.29 is 27.5 Å². The van der Waals surface area contributed by atoms with Crippen molar-refractivity contribution in [3.8, 4) is 0 Å². The van der Waals surface area contributed by atoms with Gasteiger partial charge in [0.15, 0.2) is 0 Å². The monoisotopic (exact) mass is 236 g/mol. The molecule has 0 amide bonds. The summed E-state index contributed by atoms with van der Waals surface area (Å²) in [7, 11) is 0. The van der Waals surface area contributed by atoms with Gasteiger partial charge in [0.25, 0.3) is 0 Å². The summed E-state index contributed by atoms with van der Waals surface area (Å²) in [5.41, 5.74) is -0.702. The molecule has 0 bridgehead atoms. The maximum absolute atomic E-state index is 12.5. The van der Waals surface area contributed by atoms with E-state index in [2.05, 4.69) is 4.74 Å². The molecule has 1 aliphatic rings. The third-order valence-corrected chi connectivity index (χ3v) is 1.88. The van der Waals surface area contributed by atoms with Gasteiger partial charge in [-0.3, -0.25) is 0 Å². The summed E-state index contributed by atoms with van der Waals surface area (Å²) in [6.07, 6.45) is -2.10. The molecule has 0 aromatic rings. The Hall–Kier alpha value is -1.66. The largest absolute Gasteiger partial charge is 0.462 e. The van der Waals surface area contributed by atoms with Crippen molar-refractivity contribution in [2.24, 2.45) is 0 Å². The highest BCUT2D eigenvalue weighted by atomic mass is 19.4. The number of nitroso groups, excluding NO2 is 1. The first kappa shape index (κ1) is 12.4. The second kappa shape index (κ2) is 4.46. The molecule has 0 radical (unpaired) electrons. The van der Waals surface area contributed by atoms with Crippen molar-refractivity contribution in [3.05, 3.63) is 28.8 Å². The lowest BCUT2D eigenvalue weighted by Crippen LogP contribution is -2.42. The number of carbonyl (C=O) groups is 1. The molecule has 0 aromatic heterocycles. The van der Waals surface area contributed by atoms with Crippen LogP contribution < -0.4 is 0 Å². The zero-order valence-corrected chi connectivity index (χ0v) is 8.32. The predicted octanol–water partition coefficient (Wildman–Crippen LogP) is 1.71. The van der Waals surface area contributed by atoms with Crippen molar-refractivity contribution in [2.45, 2.75) is 19.1 Å². The molecule has 0 N–H and O–H groups in total.